The van der Waals surface area contributed by atoms with Crippen molar-refractivity contribution in [2.24, 2.45) is 5.10 Å². The molecule has 0 aliphatic heterocycles. The number of carbonyl (C=O) groups is 1. The fourth-order valence-corrected chi connectivity index (χ4v) is 1.64. The van der Waals surface area contributed by atoms with Crippen LogP contribution in [0.2, 0.25) is 0 Å². The predicted molar refractivity (Wildman–Crippen MR) is 87.2 cm³/mol. The van der Waals surface area contributed by atoms with Crippen LogP contribution in [0.5, 0.6) is 0 Å². The topological polar surface area (TPSA) is 53.5 Å². The van der Waals surface area contributed by atoms with Gasteiger partial charge < -0.3 is 5.32 Å². The van der Waals surface area contributed by atoms with Gasteiger partial charge in [0.2, 0.25) is 0 Å². The van der Waals surface area contributed by atoms with Crippen LogP contribution in [0.25, 0.3) is 6.08 Å². The van der Waals surface area contributed by atoms with E-state index in [0.717, 1.165) is 11.3 Å². The molecular formula is C17H17N3O. The molecule has 2 rings (SSSR count). The Morgan fingerprint density at radius 1 is 1.00 bits per heavy atom. The fraction of sp³-hybridized carbons (Fsp3) is 0.0588. The highest BCUT2D eigenvalue weighted by molar-refractivity contribution is 5.97. The molecule has 0 atom stereocenters. The maximum Gasteiger partial charge on any atom is 0.339 e. The molecule has 0 bridgehead atoms. The van der Waals surface area contributed by atoms with Gasteiger partial charge in [0.05, 0.1) is 5.71 Å². The second-order valence-electron chi connectivity index (χ2n) is 4.43. The van der Waals surface area contributed by atoms with E-state index < -0.39 is 0 Å². The lowest BCUT2D eigenvalue weighted by Gasteiger charge is -2.03. The number of carbonyl (C=O) groups excluding carboxylic acids is 1. The Balaban J connectivity index is 1.85. The average Bonchev–Trinajstić information content (AvgIpc) is 2.53. The summed E-state index contributed by atoms with van der Waals surface area (Å²) in [6, 6.07) is 18.8. The molecule has 0 aliphatic carbocycles. The molecular weight excluding hydrogens is 262 g/mol. The molecule has 0 aliphatic rings. The zero-order valence-corrected chi connectivity index (χ0v) is 11.8. The summed E-state index contributed by atoms with van der Waals surface area (Å²) in [5.41, 5.74) is 4.97. The van der Waals surface area contributed by atoms with Crippen molar-refractivity contribution in [2.45, 2.75) is 6.92 Å². The summed E-state index contributed by atoms with van der Waals surface area (Å²) in [6.45, 7) is 1.82. The monoisotopic (exact) mass is 279 g/mol. The van der Waals surface area contributed by atoms with Gasteiger partial charge in [-0.2, -0.15) is 5.10 Å². The molecule has 0 unspecified atom stereocenters. The van der Waals surface area contributed by atoms with Crippen LogP contribution in [0.15, 0.2) is 71.8 Å². The lowest BCUT2D eigenvalue weighted by molar-refractivity contribution is 0.252. The van der Waals surface area contributed by atoms with E-state index in [1.54, 1.807) is 0 Å². The predicted octanol–water partition coefficient (Wildman–Crippen LogP) is 3.90. The third-order valence-corrected chi connectivity index (χ3v) is 2.68. The zero-order valence-electron chi connectivity index (χ0n) is 11.8. The van der Waals surface area contributed by atoms with Crippen LogP contribution in [-0.2, 0) is 0 Å². The van der Waals surface area contributed by atoms with Crippen molar-refractivity contribution in [3.8, 4) is 0 Å². The highest BCUT2D eigenvalue weighted by Crippen LogP contribution is 2.04. The van der Waals surface area contributed by atoms with Gasteiger partial charge in [0, 0.05) is 5.69 Å². The first-order chi connectivity index (χ1) is 10.2. The lowest BCUT2D eigenvalue weighted by Crippen LogP contribution is -2.24. The Morgan fingerprint density at radius 3 is 2.29 bits per heavy atom. The quantitative estimate of drug-likeness (QED) is 0.647. The average molecular weight is 279 g/mol. The van der Waals surface area contributed by atoms with Gasteiger partial charge in [-0.15, -0.1) is 0 Å². The number of urea groups is 1. The van der Waals surface area contributed by atoms with Crippen LogP contribution < -0.4 is 10.7 Å². The van der Waals surface area contributed by atoms with Crippen LogP contribution in [-0.4, -0.2) is 11.7 Å². The summed E-state index contributed by atoms with van der Waals surface area (Å²) in [4.78, 5) is 11.6. The number of benzene rings is 2. The van der Waals surface area contributed by atoms with Crippen LogP contribution in [0.3, 0.4) is 0 Å². The molecule has 0 spiro atoms. The number of amides is 2. The zero-order chi connectivity index (χ0) is 14.9. The Bertz CT molecular complexity index is 634. The van der Waals surface area contributed by atoms with Crippen molar-refractivity contribution in [2.75, 3.05) is 5.32 Å². The van der Waals surface area contributed by atoms with Gasteiger partial charge >= 0.3 is 6.03 Å². The smallest absolute Gasteiger partial charge is 0.307 e. The van der Waals surface area contributed by atoms with E-state index in [9.17, 15) is 4.79 Å². The first kappa shape index (κ1) is 14.5. The molecule has 0 heterocycles. The maximum absolute atomic E-state index is 11.6. The first-order valence-corrected chi connectivity index (χ1v) is 6.63. The fourth-order valence-electron chi connectivity index (χ4n) is 1.64. The van der Waals surface area contributed by atoms with Gasteiger partial charge in [0.15, 0.2) is 0 Å². The molecule has 4 nitrogen and oxygen atoms in total. The van der Waals surface area contributed by atoms with Gasteiger partial charge in [-0.3, -0.25) is 0 Å². The molecule has 0 fully saturated rings. The van der Waals surface area contributed by atoms with E-state index in [2.05, 4.69) is 15.8 Å². The van der Waals surface area contributed by atoms with E-state index in [1.807, 2.05) is 79.7 Å². The van der Waals surface area contributed by atoms with Crippen molar-refractivity contribution in [1.82, 2.24) is 5.43 Å². The number of nitrogens with one attached hydrogen (secondary N) is 2. The van der Waals surface area contributed by atoms with Gasteiger partial charge in [-0.05, 0) is 30.7 Å². The Kier molecular flexibility index (Phi) is 5.29. The largest absolute Gasteiger partial charge is 0.339 e. The summed E-state index contributed by atoms with van der Waals surface area (Å²) in [7, 11) is 0. The number of para-hydroxylation sites is 1. The number of nitrogens with zero attached hydrogens (tertiary/aromatic N) is 1. The Morgan fingerprint density at radius 2 is 1.62 bits per heavy atom. The highest BCUT2D eigenvalue weighted by atomic mass is 16.2. The minimum Gasteiger partial charge on any atom is -0.307 e. The van der Waals surface area contributed by atoms with Gasteiger partial charge in [0.1, 0.15) is 0 Å². The van der Waals surface area contributed by atoms with E-state index in [0.29, 0.717) is 5.71 Å². The van der Waals surface area contributed by atoms with Gasteiger partial charge in [0.25, 0.3) is 0 Å². The van der Waals surface area contributed by atoms with Crippen molar-refractivity contribution in [1.29, 1.82) is 0 Å². The van der Waals surface area contributed by atoms with E-state index in [1.165, 1.54) is 0 Å². The number of hydrogen-bond donors (Lipinski definition) is 2. The number of hydrazone groups is 1. The Hall–Kier alpha value is -2.88. The molecule has 4 heteroatoms. The molecule has 0 saturated heterocycles. The molecule has 2 aromatic carbocycles. The summed E-state index contributed by atoms with van der Waals surface area (Å²) in [5.74, 6) is 0. The van der Waals surface area contributed by atoms with Crippen molar-refractivity contribution >= 4 is 23.5 Å². The van der Waals surface area contributed by atoms with E-state index in [4.69, 9.17) is 0 Å². The summed E-state index contributed by atoms with van der Waals surface area (Å²) in [5, 5.41) is 6.69. The molecule has 0 saturated carbocycles. The number of rotatable bonds is 4. The number of hydrogen-bond acceptors (Lipinski definition) is 2. The molecule has 106 valence electrons. The van der Waals surface area contributed by atoms with Crippen LogP contribution >= 0.6 is 0 Å². The highest BCUT2D eigenvalue weighted by Gasteiger charge is 1.98. The van der Waals surface area contributed by atoms with Crippen molar-refractivity contribution in [3.05, 3.63) is 72.3 Å². The first-order valence-electron chi connectivity index (χ1n) is 6.63. The minimum absolute atomic E-state index is 0.367. The van der Waals surface area contributed by atoms with Gasteiger partial charge in [-0.25, -0.2) is 10.2 Å². The Labute approximate surface area is 124 Å². The number of anilines is 1. The molecule has 21 heavy (non-hydrogen) atoms. The molecule has 2 aromatic rings. The third-order valence-electron chi connectivity index (χ3n) is 2.68. The minimum atomic E-state index is -0.367. The van der Waals surface area contributed by atoms with Crippen LogP contribution in [0, 0.1) is 0 Å². The molecule has 0 aromatic heterocycles. The molecule has 2 amide bonds. The van der Waals surface area contributed by atoms with Crippen molar-refractivity contribution < 1.29 is 4.79 Å². The second kappa shape index (κ2) is 7.65. The van der Waals surface area contributed by atoms with Crippen LogP contribution in [0.4, 0.5) is 10.5 Å². The normalized spacial score (nSPS) is 11.4. The molecule has 2 N–H and O–H groups in total. The summed E-state index contributed by atoms with van der Waals surface area (Å²) in [6.07, 6.45) is 3.79. The standard InChI is InChI=1S/C17H17N3O/c1-14(12-13-15-8-4-2-5-9-15)19-20-17(21)18-16-10-6-3-7-11-16/h2-13H,1H3,(H2,18,20,21). The molecule has 0 radical (unpaired) electrons. The number of allylic oxidation sites excluding steroid dienone is 1. The SMILES string of the molecule is CC(C=Cc1ccccc1)=NNC(=O)Nc1ccccc1. The summed E-state index contributed by atoms with van der Waals surface area (Å²) >= 11 is 0. The third kappa shape index (κ3) is 5.32. The summed E-state index contributed by atoms with van der Waals surface area (Å²) < 4.78 is 0. The van der Waals surface area contributed by atoms with Crippen LogP contribution in [0.1, 0.15) is 12.5 Å². The van der Waals surface area contributed by atoms with Gasteiger partial charge in [-0.1, -0.05) is 54.6 Å². The van der Waals surface area contributed by atoms with E-state index in [-0.39, 0.29) is 6.03 Å². The van der Waals surface area contributed by atoms with E-state index >= 15 is 0 Å². The lowest BCUT2D eigenvalue weighted by atomic mass is 10.2. The maximum atomic E-state index is 11.6. The van der Waals surface area contributed by atoms with Crippen molar-refractivity contribution in [3.63, 3.8) is 0 Å². The second-order valence-corrected chi connectivity index (χ2v) is 4.43.